The highest BCUT2D eigenvalue weighted by Crippen LogP contribution is 2.11. The van der Waals surface area contributed by atoms with Gasteiger partial charge in [0.05, 0.1) is 0 Å². The molecule has 0 radical (unpaired) electrons. The van der Waals surface area contributed by atoms with E-state index in [9.17, 15) is 0 Å². The lowest BCUT2D eigenvalue weighted by molar-refractivity contribution is 0.557. The number of unbranched alkanes of at least 4 members (excludes halogenated alkanes) is 10. The number of rotatable bonds is 13. The fourth-order valence-electron chi connectivity index (χ4n) is 2.12. The van der Waals surface area contributed by atoms with Crippen molar-refractivity contribution < 1.29 is 4.12 Å². The Morgan fingerprint density at radius 1 is 0.889 bits per heavy atom. The van der Waals surface area contributed by atoms with Crippen molar-refractivity contribution in [3.05, 3.63) is 11.8 Å². The van der Waals surface area contributed by atoms with Gasteiger partial charge in [-0.05, 0) is 19.4 Å². The third kappa shape index (κ3) is 14.2. The molecule has 3 heteroatoms. The summed E-state index contributed by atoms with van der Waals surface area (Å²) in [6.07, 6.45) is 17.9. The lowest BCUT2D eigenvalue weighted by atomic mass is 10.1. The predicted molar refractivity (Wildman–Crippen MR) is 89.6 cm³/mol. The molecule has 0 aromatic rings. The average Bonchev–Trinajstić information content (AvgIpc) is 2.39. The van der Waals surface area contributed by atoms with E-state index < -0.39 is 9.04 Å². The van der Waals surface area contributed by atoms with Crippen LogP contribution in [-0.2, 0) is 4.12 Å². The monoisotopic (exact) mass is 286 g/mol. The smallest absolute Gasteiger partial charge is 0.184 e. The van der Waals surface area contributed by atoms with Gasteiger partial charge in [-0.25, -0.2) is 0 Å². The molecule has 18 heavy (non-hydrogen) atoms. The summed E-state index contributed by atoms with van der Waals surface area (Å²) in [6.45, 7) is 4.54. The summed E-state index contributed by atoms with van der Waals surface area (Å²) in [5.41, 5.74) is 2.33. The van der Waals surface area contributed by atoms with Gasteiger partial charge < -0.3 is 4.12 Å². The summed E-state index contributed by atoms with van der Waals surface area (Å²) in [4.78, 5) is 0. The molecule has 0 heterocycles. The summed E-state index contributed by atoms with van der Waals surface area (Å²) >= 11 is 0. The third-order valence-corrected chi connectivity index (χ3v) is 7.29. The molecule has 1 atom stereocenters. The van der Waals surface area contributed by atoms with E-state index in [1.54, 1.807) is 0 Å². The Balaban J connectivity index is 3.05. The van der Waals surface area contributed by atoms with E-state index in [0.717, 1.165) is 10.5 Å². The molecule has 0 amide bonds. The molecule has 0 aromatic heterocycles. The third-order valence-electron chi connectivity index (χ3n) is 3.50. The first-order valence-electron chi connectivity index (χ1n) is 8.00. The van der Waals surface area contributed by atoms with Crippen LogP contribution in [0.15, 0.2) is 11.8 Å². The Kier molecular flexibility index (Phi) is 15.3. The Morgan fingerprint density at radius 3 is 1.89 bits per heavy atom. The van der Waals surface area contributed by atoms with Gasteiger partial charge >= 0.3 is 0 Å². The molecule has 0 aliphatic heterocycles. The van der Waals surface area contributed by atoms with Crippen LogP contribution >= 0.6 is 0 Å². The predicted octanol–water partition coefficient (Wildman–Crippen LogP) is 4.04. The summed E-state index contributed by atoms with van der Waals surface area (Å²) in [5, 5.41) is 0. The van der Waals surface area contributed by atoms with E-state index >= 15 is 0 Å². The number of hydrogen-bond acceptors (Lipinski definition) is 1. The van der Waals surface area contributed by atoms with Gasteiger partial charge in [-0.1, -0.05) is 76.5 Å². The fourth-order valence-corrected chi connectivity index (χ4v) is 3.32. The van der Waals surface area contributed by atoms with Crippen molar-refractivity contribution in [1.82, 2.24) is 0 Å². The first-order chi connectivity index (χ1) is 8.81. The Labute approximate surface area is 120 Å². The summed E-state index contributed by atoms with van der Waals surface area (Å²) in [6, 6.07) is 0. The Bertz CT molecular complexity index is 183. The van der Waals surface area contributed by atoms with E-state index in [-0.39, 0.29) is 0 Å². The molecule has 108 valence electrons. The van der Waals surface area contributed by atoms with Crippen molar-refractivity contribution in [2.24, 2.45) is 0 Å². The van der Waals surface area contributed by atoms with Crippen molar-refractivity contribution in [3.63, 3.8) is 0 Å². The molecule has 0 aliphatic carbocycles. The molecule has 0 fully saturated rings. The van der Waals surface area contributed by atoms with E-state index in [0.29, 0.717) is 0 Å². The molecule has 0 saturated heterocycles. The standard InChI is InChI=1S/C15H34OSi2/c1-3-4-5-6-7-8-9-10-11-12-13-14-15-18(2)16-17/h14-15,18H,3-13H2,1-2,17H3. The van der Waals surface area contributed by atoms with Gasteiger partial charge in [-0.2, -0.15) is 0 Å². The first-order valence-corrected chi connectivity index (χ1v) is 11.1. The van der Waals surface area contributed by atoms with Crippen LogP contribution in [0.1, 0.15) is 77.6 Å². The van der Waals surface area contributed by atoms with Gasteiger partial charge in [0.15, 0.2) is 9.04 Å². The van der Waals surface area contributed by atoms with E-state index in [2.05, 4.69) is 25.2 Å². The lowest BCUT2D eigenvalue weighted by Gasteiger charge is -2.02. The molecular formula is C15H34OSi2. The maximum absolute atomic E-state index is 5.44. The molecule has 0 aliphatic rings. The minimum Gasteiger partial charge on any atom is -0.463 e. The molecule has 1 nitrogen and oxygen atoms in total. The van der Waals surface area contributed by atoms with Crippen molar-refractivity contribution in [1.29, 1.82) is 0 Å². The summed E-state index contributed by atoms with van der Waals surface area (Å²) in [5.74, 6) is 0. The number of allylic oxidation sites excluding steroid dienone is 1. The quantitative estimate of drug-likeness (QED) is 0.367. The van der Waals surface area contributed by atoms with Crippen molar-refractivity contribution in [3.8, 4) is 0 Å². The zero-order valence-corrected chi connectivity index (χ0v) is 16.1. The molecule has 1 unspecified atom stereocenters. The molecule has 0 spiro atoms. The van der Waals surface area contributed by atoms with Crippen LogP contribution in [0.25, 0.3) is 0 Å². The maximum atomic E-state index is 5.44. The van der Waals surface area contributed by atoms with Crippen LogP contribution in [0.3, 0.4) is 0 Å². The van der Waals surface area contributed by atoms with Crippen LogP contribution in [0, 0.1) is 0 Å². The van der Waals surface area contributed by atoms with Crippen molar-refractivity contribution in [2.75, 3.05) is 0 Å². The lowest BCUT2D eigenvalue weighted by Crippen LogP contribution is -2.06. The van der Waals surface area contributed by atoms with E-state index in [1.807, 2.05) is 0 Å². The largest absolute Gasteiger partial charge is 0.463 e. The Hall–Kier alpha value is 0.134. The SMILES string of the molecule is CCCCCCCCCCCCC=C[SiH](C)O[SiH3]. The van der Waals surface area contributed by atoms with E-state index in [4.69, 9.17) is 4.12 Å². The van der Waals surface area contributed by atoms with Crippen LogP contribution in [0.4, 0.5) is 0 Å². The van der Waals surface area contributed by atoms with Crippen LogP contribution < -0.4 is 0 Å². The van der Waals surface area contributed by atoms with Gasteiger partial charge in [-0.15, -0.1) is 0 Å². The van der Waals surface area contributed by atoms with E-state index in [1.165, 1.54) is 70.6 Å². The first kappa shape index (κ1) is 18.1. The van der Waals surface area contributed by atoms with Gasteiger partial charge in [0.1, 0.15) is 10.5 Å². The second kappa shape index (κ2) is 15.2. The maximum Gasteiger partial charge on any atom is 0.184 e. The summed E-state index contributed by atoms with van der Waals surface area (Å²) in [7, 11) is 0.0199. The summed E-state index contributed by atoms with van der Waals surface area (Å²) < 4.78 is 5.44. The molecular weight excluding hydrogens is 252 g/mol. The van der Waals surface area contributed by atoms with Gasteiger partial charge in [0.2, 0.25) is 0 Å². The Morgan fingerprint density at radius 2 is 1.39 bits per heavy atom. The molecule has 0 aromatic carbocycles. The number of hydrogen-bond donors (Lipinski definition) is 0. The fraction of sp³-hybridized carbons (Fsp3) is 0.867. The van der Waals surface area contributed by atoms with Crippen LogP contribution in [-0.4, -0.2) is 19.5 Å². The average molecular weight is 287 g/mol. The zero-order valence-electron chi connectivity index (χ0n) is 12.9. The van der Waals surface area contributed by atoms with Crippen LogP contribution in [0.5, 0.6) is 0 Å². The minimum absolute atomic E-state index is 0.884. The van der Waals surface area contributed by atoms with Crippen molar-refractivity contribution >= 4 is 19.5 Å². The second-order valence-corrected chi connectivity index (χ2v) is 9.02. The molecule has 0 saturated carbocycles. The second-order valence-electron chi connectivity index (χ2n) is 5.34. The molecule has 0 bridgehead atoms. The highest BCUT2D eigenvalue weighted by molar-refractivity contribution is 6.59. The normalized spacial score (nSPS) is 13.4. The highest BCUT2D eigenvalue weighted by Gasteiger charge is 1.94. The minimum atomic E-state index is -0.884. The van der Waals surface area contributed by atoms with Gasteiger partial charge in [0, 0.05) is 0 Å². The zero-order chi connectivity index (χ0) is 13.5. The highest BCUT2D eigenvalue weighted by atomic mass is 28.3. The topological polar surface area (TPSA) is 9.23 Å². The van der Waals surface area contributed by atoms with Crippen molar-refractivity contribution in [2.45, 2.75) is 84.1 Å². The van der Waals surface area contributed by atoms with Gasteiger partial charge in [-0.3, -0.25) is 0 Å². The van der Waals surface area contributed by atoms with Gasteiger partial charge in [0.25, 0.3) is 0 Å². The van der Waals surface area contributed by atoms with Crippen LogP contribution in [0.2, 0.25) is 6.55 Å². The molecule has 0 rings (SSSR count). The molecule has 0 N–H and O–H groups in total.